The molecule has 1 amide bonds. The van der Waals surface area contributed by atoms with Crippen molar-refractivity contribution < 1.29 is 59.1 Å². The molecule has 4 aliphatic rings. The molecule has 260 valence electrons. The van der Waals surface area contributed by atoms with E-state index in [4.69, 9.17) is 9.47 Å². The first kappa shape index (κ1) is 36.0. The van der Waals surface area contributed by atoms with Gasteiger partial charge in [0, 0.05) is 12.1 Å². The average molecular weight is 655 g/mol. The highest BCUT2D eigenvalue weighted by Crippen LogP contribution is 2.41. The lowest BCUT2D eigenvalue weighted by Gasteiger charge is -2.42. The minimum atomic E-state index is -1.06. The van der Waals surface area contributed by atoms with E-state index in [-0.39, 0.29) is 62.2 Å². The summed E-state index contributed by atoms with van der Waals surface area (Å²) in [5.41, 5.74) is 2.35. The molecule has 0 spiro atoms. The van der Waals surface area contributed by atoms with Crippen molar-refractivity contribution in [2.45, 2.75) is 114 Å². The van der Waals surface area contributed by atoms with Gasteiger partial charge in [-0.25, -0.2) is 5.48 Å². The fourth-order valence-corrected chi connectivity index (χ4v) is 8.39. The van der Waals surface area contributed by atoms with E-state index in [0.29, 0.717) is 32.5 Å². The predicted octanol–water partition coefficient (Wildman–Crippen LogP) is 2.76. The molecule has 14 heteroatoms. The number of aliphatic carboxylic acids is 4. The Hall–Kier alpha value is -2.81. The largest absolute Gasteiger partial charge is 0.481 e. The van der Waals surface area contributed by atoms with Crippen LogP contribution in [-0.2, 0) is 33.4 Å². The molecule has 7 unspecified atom stereocenters. The number of carboxylic acid groups (broad SMARTS) is 4. The number of rotatable bonds is 14. The Kier molecular flexibility index (Phi) is 13.2. The number of nitrogens with one attached hydrogen (secondary N) is 2. The summed E-state index contributed by atoms with van der Waals surface area (Å²) in [6.07, 6.45) is 7.15. The smallest absolute Gasteiger partial charge is 0.307 e. The molecule has 46 heavy (non-hydrogen) atoms. The van der Waals surface area contributed by atoms with E-state index in [2.05, 4.69) is 10.8 Å². The third-order valence-electron chi connectivity index (χ3n) is 11.1. The molecular formula is C32H50N2O12. The van der Waals surface area contributed by atoms with E-state index in [1.165, 1.54) is 0 Å². The van der Waals surface area contributed by atoms with Crippen LogP contribution in [0.4, 0.5) is 0 Å². The molecule has 0 aromatic rings. The Balaban J connectivity index is 1.13. The summed E-state index contributed by atoms with van der Waals surface area (Å²) in [5.74, 6) is -8.47. The first-order chi connectivity index (χ1) is 22.0. The van der Waals surface area contributed by atoms with Crippen LogP contribution >= 0.6 is 0 Å². The maximum Gasteiger partial charge on any atom is 0.307 e. The van der Waals surface area contributed by atoms with Crippen molar-refractivity contribution in [1.82, 2.24) is 10.8 Å². The van der Waals surface area contributed by atoms with Gasteiger partial charge in [0.15, 0.2) is 0 Å². The van der Waals surface area contributed by atoms with Gasteiger partial charge in [-0.05, 0) is 102 Å². The quantitative estimate of drug-likeness (QED) is 0.106. The molecule has 4 fully saturated rings. The molecular weight excluding hydrogens is 604 g/mol. The predicted molar refractivity (Wildman–Crippen MR) is 160 cm³/mol. The van der Waals surface area contributed by atoms with Crippen molar-refractivity contribution in [1.29, 1.82) is 0 Å². The molecule has 4 aliphatic carbocycles. The molecule has 0 saturated heterocycles. The highest BCUT2D eigenvalue weighted by molar-refractivity contribution is 5.86. The van der Waals surface area contributed by atoms with E-state index in [1.54, 1.807) is 0 Å². The minimum Gasteiger partial charge on any atom is -0.481 e. The van der Waals surface area contributed by atoms with Crippen molar-refractivity contribution >= 4 is 29.8 Å². The van der Waals surface area contributed by atoms with Crippen LogP contribution in [0.15, 0.2) is 0 Å². The fourth-order valence-electron chi connectivity index (χ4n) is 8.39. The molecule has 0 heterocycles. The number of amides is 1. The Morgan fingerprint density at radius 3 is 1.59 bits per heavy atom. The topological polar surface area (TPSA) is 229 Å². The van der Waals surface area contributed by atoms with Crippen LogP contribution < -0.4 is 10.8 Å². The van der Waals surface area contributed by atoms with Gasteiger partial charge >= 0.3 is 23.9 Å². The zero-order valence-electron chi connectivity index (χ0n) is 26.3. The second-order valence-corrected chi connectivity index (χ2v) is 13.8. The summed E-state index contributed by atoms with van der Waals surface area (Å²) in [4.78, 5) is 59.6. The SMILES string of the molecule is O=C(O)C1CCC(C(=O)O)C(C(=O)NC2CCC(OCCOC3CCC(C(NO)C4CC(C(=O)O)CCC4C(=O)O)CC3)CC2)C1. The number of ether oxygens (including phenoxy) is 2. The number of hydrogen-bond donors (Lipinski definition) is 7. The van der Waals surface area contributed by atoms with Crippen molar-refractivity contribution in [3.05, 3.63) is 0 Å². The maximum absolute atomic E-state index is 13.0. The minimum absolute atomic E-state index is 0.0166. The summed E-state index contributed by atoms with van der Waals surface area (Å²) in [6.45, 7) is 0.834. The van der Waals surface area contributed by atoms with Crippen molar-refractivity contribution in [3.8, 4) is 0 Å². The number of hydroxylamine groups is 1. The monoisotopic (exact) mass is 654 g/mol. The highest BCUT2D eigenvalue weighted by atomic mass is 16.5. The van der Waals surface area contributed by atoms with Gasteiger partial charge in [0.2, 0.25) is 5.91 Å². The fraction of sp³-hybridized carbons (Fsp3) is 0.844. The molecule has 7 atom stereocenters. The second kappa shape index (κ2) is 16.8. The lowest BCUT2D eigenvalue weighted by atomic mass is 9.66. The lowest BCUT2D eigenvalue weighted by molar-refractivity contribution is -0.154. The first-order valence-corrected chi connectivity index (χ1v) is 16.8. The van der Waals surface area contributed by atoms with E-state index in [1.807, 2.05) is 0 Å². The van der Waals surface area contributed by atoms with E-state index < -0.39 is 65.4 Å². The van der Waals surface area contributed by atoms with Crippen LogP contribution in [0.25, 0.3) is 0 Å². The first-order valence-electron chi connectivity index (χ1n) is 16.8. The molecule has 14 nitrogen and oxygen atoms in total. The number of hydrogen-bond acceptors (Lipinski definition) is 9. The lowest BCUT2D eigenvalue weighted by Crippen LogP contribution is -2.49. The standard InChI is InChI=1S/C32H50N2O12/c35-28(26-16-19(30(38)39)4-12-24(26)32(42)43)33-20-5-9-22(10-6-20)46-14-13-45-21-7-1-17(2-8-21)27(34-44)25-15-18(29(36)37)3-11-23(25)31(40)41/h17-27,34,44H,1-16H2,(H,33,35)(H,36,37)(H,38,39)(H,40,41)(H,42,43). The van der Waals surface area contributed by atoms with Crippen LogP contribution in [0.2, 0.25) is 0 Å². The summed E-state index contributed by atoms with van der Waals surface area (Å²) in [7, 11) is 0. The Labute approximate surface area is 268 Å². The zero-order chi connectivity index (χ0) is 33.4. The van der Waals surface area contributed by atoms with E-state index in [0.717, 1.165) is 38.5 Å². The van der Waals surface area contributed by atoms with Gasteiger partial charge in [-0.3, -0.25) is 24.0 Å². The summed E-state index contributed by atoms with van der Waals surface area (Å²) >= 11 is 0. The van der Waals surface area contributed by atoms with Crippen molar-refractivity contribution in [3.63, 3.8) is 0 Å². The van der Waals surface area contributed by atoms with Crippen LogP contribution in [0, 0.1) is 41.4 Å². The number of carbonyl (C=O) groups excluding carboxylic acids is 1. The van der Waals surface area contributed by atoms with E-state index in [9.17, 15) is 49.6 Å². The Bertz CT molecular complexity index is 1070. The molecule has 0 aromatic carbocycles. The summed E-state index contributed by atoms with van der Waals surface area (Å²) < 4.78 is 12.1. The van der Waals surface area contributed by atoms with Crippen LogP contribution in [0.1, 0.15) is 89.9 Å². The van der Waals surface area contributed by atoms with Crippen LogP contribution in [-0.4, -0.2) is 92.9 Å². The summed E-state index contributed by atoms with van der Waals surface area (Å²) in [5, 5.41) is 51.1. The highest BCUT2D eigenvalue weighted by Gasteiger charge is 2.45. The van der Waals surface area contributed by atoms with Crippen LogP contribution in [0.5, 0.6) is 0 Å². The van der Waals surface area contributed by atoms with Gasteiger partial charge < -0.3 is 40.4 Å². The molecule has 0 bridgehead atoms. The van der Waals surface area contributed by atoms with Crippen LogP contribution in [0.3, 0.4) is 0 Å². The molecule has 7 N–H and O–H groups in total. The van der Waals surface area contributed by atoms with Gasteiger partial charge in [0.05, 0.1) is 55.0 Å². The second-order valence-electron chi connectivity index (χ2n) is 13.8. The molecule has 0 aromatic heterocycles. The molecule has 0 aliphatic heterocycles. The van der Waals surface area contributed by atoms with Gasteiger partial charge in [0.25, 0.3) is 0 Å². The van der Waals surface area contributed by atoms with Gasteiger partial charge in [0.1, 0.15) is 0 Å². The Morgan fingerprint density at radius 2 is 1.09 bits per heavy atom. The van der Waals surface area contributed by atoms with Gasteiger partial charge in [-0.2, -0.15) is 0 Å². The third-order valence-corrected chi connectivity index (χ3v) is 11.1. The molecule has 4 saturated carbocycles. The Morgan fingerprint density at radius 1 is 0.587 bits per heavy atom. The zero-order valence-corrected chi connectivity index (χ0v) is 26.3. The number of carbonyl (C=O) groups is 5. The van der Waals surface area contributed by atoms with E-state index >= 15 is 0 Å². The van der Waals surface area contributed by atoms with Crippen molar-refractivity contribution in [2.75, 3.05) is 13.2 Å². The van der Waals surface area contributed by atoms with Gasteiger partial charge in [-0.1, -0.05) is 0 Å². The molecule has 0 radical (unpaired) electrons. The molecule has 4 rings (SSSR count). The van der Waals surface area contributed by atoms with Crippen molar-refractivity contribution in [2.24, 2.45) is 41.4 Å². The average Bonchev–Trinajstić information content (AvgIpc) is 3.04. The van der Waals surface area contributed by atoms with Gasteiger partial charge in [-0.15, -0.1) is 0 Å². The summed E-state index contributed by atoms with van der Waals surface area (Å²) in [6, 6.07) is -0.597. The normalized spacial score (nSPS) is 35.8. The maximum atomic E-state index is 13.0. The number of carboxylic acids is 4. The third kappa shape index (κ3) is 9.39.